The fourth-order valence-corrected chi connectivity index (χ4v) is 3.10. The van der Waals surface area contributed by atoms with E-state index in [9.17, 15) is 8.42 Å². The summed E-state index contributed by atoms with van der Waals surface area (Å²) in [7, 11) is -3.64. The van der Waals surface area contributed by atoms with Gasteiger partial charge in [0.25, 0.3) is 10.0 Å². The second-order valence-corrected chi connectivity index (χ2v) is 6.32. The van der Waals surface area contributed by atoms with Crippen LogP contribution < -0.4 is 4.72 Å². The number of hydrogen-bond acceptors (Lipinski definition) is 4. The maximum atomic E-state index is 12.3. The molecule has 108 valence electrons. The van der Waals surface area contributed by atoms with Gasteiger partial charge in [-0.2, -0.15) is 0 Å². The Morgan fingerprint density at radius 1 is 1.14 bits per heavy atom. The van der Waals surface area contributed by atoms with E-state index in [-0.39, 0.29) is 4.90 Å². The van der Waals surface area contributed by atoms with Gasteiger partial charge in [0.05, 0.1) is 4.90 Å². The van der Waals surface area contributed by atoms with Gasteiger partial charge in [0.2, 0.25) is 0 Å². The maximum absolute atomic E-state index is 12.3. The van der Waals surface area contributed by atoms with Crippen LogP contribution in [0.15, 0.2) is 58.2 Å². The Balaban J connectivity index is 1.91. The van der Waals surface area contributed by atoms with Crippen molar-refractivity contribution >= 4 is 26.8 Å². The lowest BCUT2D eigenvalue weighted by atomic mass is 10.2. The van der Waals surface area contributed by atoms with E-state index in [2.05, 4.69) is 9.71 Å². The number of oxazole rings is 1. The third-order valence-corrected chi connectivity index (χ3v) is 4.61. The molecule has 5 nitrogen and oxygen atoms in total. The van der Waals surface area contributed by atoms with Crippen molar-refractivity contribution in [2.45, 2.75) is 18.2 Å². The number of hydrogen-bond donors (Lipinski definition) is 1. The van der Waals surface area contributed by atoms with Crippen molar-refractivity contribution in [3.05, 3.63) is 54.4 Å². The second kappa shape index (κ2) is 5.21. The van der Waals surface area contributed by atoms with Crippen LogP contribution >= 0.6 is 0 Å². The first-order valence-corrected chi connectivity index (χ1v) is 8.02. The van der Waals surface area contributed by atoms with Crippen molar-refractivity contribution in [3.63, 3.8) is 0 Å². The fraction of sp³-hybridized carbons (Fsp3) is 0.133. The van der Waals surface area contributed by atoms with Crippen LogP contribution in [0.3, 0.4) is 0 Å². The van der Waals surface area contributed by atoms with E-state index in [1.54, 1.807) is 18.2 Å². The number of aromatic nitrogens is 1. The summed E-state index contributed by atoms with van der Waals surface area (Å²) in [5, 5.41) is 0. The number of nitrogens with zero attached hydrogens (tertiary/aromatic N) is 1. The van der Waals surface area contributed by atoms with Gasteiger partial charge in [-0.1, -0.05) is 19.1 Å². The standard InChI is InChI=1S/C15H14N2O3S/c1-2-11-3-5-12(6-4-11)17-21(18,19)13-7-8-14-15(9-13)20-10-16-14/h3-10,17H,2H2,1H3. The molecule has 0 aliphatic rings. The van der Waals surface area contributed by atoms with Gasteiger partial charge in [-0.3, -0.25) is 4.72 Å². The largest absolute Gasteiger partial charge is 0.443 e. The minimum absolute atomic E-state index is 0.145. The summed E-state index contributed by atoms with van der Waals surface area (Å²) in [5.41, 5.74) is 2.76. The van der Waals surface area contributed by atoms with E-state index in [4.69, 9.17) is 4.42 Å². The Morgan fingerprint density at radius 2 is 1.90 bits per heavy atom. The molecule has 0 saturated heterocycles. The van der Waals surface area contributed by atoms with Crippen LogP contribution in [0.1, 0.15) is 12.5 Å². The predicted molar refractivity (Wildman–Crippen MR) is 80.6 cm³/mol. The molecular weight excluding hydrogens is 288 g/mol. The van der Waals surface area contributed by atoms with Crippen LogP contribution in [0.25, 0.3) is 11.1 Å². The number of sulfonamides is 1. The summed E-state index contributed by atoms with van der Waals surface area (Å²) in [6.07, 6.45) is 2.20. The third-order valence-electron chi connectivity index (χ3n) is 3.23. The van der Waals surface area contributed by atoms with Crippen molar-refractivity contribution in [3.8, 4) is 0 Å². The Bertz CT molecular complexity index is 867. The fourth-order valence-electron chi connectivity index (χ4n) is 2.03. The molecule has 1 aromatic heterocycles. The molecule has 0 aliphatic carbocycles. The molecule has 0 aliphatic heterocycles. The highest BCUT2D eigenvalue weighted by Crippen LogP contribution is 2.21. The second-order valence-electron chi connectivity index (χ2n) is 4.64. The lowest BCUT2D eigenvalue weighted by molar-refractivity contribution is 0.594. The van der Waals surface area contributed by atoms with Crippen LogP contribution in [-0.2, 0) is 16.4 Å². The number of rotatable bonds is 4. The van der Waals surface area contributed by atoms with E-state index in [0.717, 1.165) is 12.0 Å². The van der Waals surface area contributed by atoms with Crippen molar-refractivity contribution < 1.29 is 12.8 Å². The zero-order valence-electron chi connectivity index (χ0n) is 11.4. The predicted octanol–water partition coefficient (Wildman–Crippen LogP) is 3.19. The normalized spacial score (nSPS) is 11.7. The highest BCUT2D eigenvalue weighted by molar-refractivity contribution is 7.92. The summed E-state index contributed by atoms with van der Waals surface area (Å²) in [6, 6.07) is 11.9. The van der Waals surface area contributed by atoms with Gasteiger partial charge in [-0.15, -0.1) is 0 Å². The molecule has 0 amide bonds. The van der Waals surface area contributed by atoms with Crippen molar-refractivity contribution in [2.75, 3.05) is 4.72 Å². The first kappa shape index (κ1) is 13.6. The Labute approximate surface area is 122 Å². The number of anilines is 1. The Morgan fingerprint density at radius 3 is 2.62 bits per heavy atom. The maximum Gasteiger partial charge on any atom is 0.262 e. The van der Waals surface area contributed by atoms with E-state index < -0.39 is 10.0 Å². The van der Waals surface area contributed by atoms with E-state index >= 15 is 0 Å². The molecule has 3 aromatic rings. The van der Waals surface area contributed by atoms with Crippen LogP contribution in [-0.4, -0.2) is 13.4 Å². The molecule has 3 rings (SSSR count). The molecule has 1 heterocycles. The van der Waals surface area contributed by atoms with Crippen LogP contribution in [0.5, 0.6) is 0 Å². The lowest BCUT2D eigenvalue weighted by Gasteiger charge is -2.08. The average molecular weight is 302 g/mol. The SMILES string of the molecule is CCc1ccc(NS(=O)(=O)c2ccc3ncoc3c2)cc1. The molecule has 1 N–H and O–H groups in total. The summed E-state index contributed by atoms with van der Waals surface area (Å²) in [6.45, 7) is 2.05. The average Bonchev–Trinajstić information content (AvgIpc) is 2.95. The van der Waals surface area contributed by atoms with Crippen molar-refractivity contribution in [1.29, 1.82) is 0 Å². The van der Waals surface area contributed by atoms with Gasteiger partial charge in [-0.05, 0) is 36.2 Å². The van der Waals surface area contributed by atoms with E-state index in [1.807, 2.05) is 19.1 Å². The zero-order chi connectivity index (χ0) is 14.9. The van der Waals surface area contributed by atoms with Crippen LogP contribution in [0.2, 0.25) is 0 Å². The van der Waals surface area contributed by atoms with Crippen LogP contribution in [0.4, 0.5) is 5.69 Å². The van der Waals surface area contributed by atoms with Crippen molar-refractivity contribution in [1.82, 2.24) is 4.98 Å². The molecule has 2 aromatic carbocycles. The summed E-state index contributed by atoms with van der Waals surface area (Å²) < 4.78 is 32.4. The lowest BCUT2D eigenvalue weighted by Crippen LogP contribution is -2.12. The Hall–Kier alpha value is -2.34. The highest BCUT2D eigenvalue weighted by Gasteiger charge is 2.15. The topological polar surface area (TPSA) is 72.2 Å². The molecule has 0 bridgehead atoms. The third kappa shape index (κ3) is 2.75. The minimum atomic E-state index is -3.64. The van der Waals surface area contributed by atoms with Crippen molar-refractivity contribution in [2.24, 2.45) is 0 Å². The molecule has 6 heteroatoms. The Kier molecular flexibility index (Phi) is 3.39. The van der Waals surface area contributed by atoms with Gasteiger partial charge in [0.1, 0.15) is 5.52 Å². The molecule has 0 unspecified atom stereocenters. The van der Waals surface area contributed by atoms with Crippen LogP contribution in [0, 0.1) is 0 Å². The summed E-state index contributed by atoms with van der Waals surface area (Å²) in [5.74, 6) is 0. The van der Waals surface area contributed by atoms with Gasteiger partial charge in [-0.25, -0.2) is 13.4 Å². The van der Waals surface area contributed by atoms with E-state index in [1.165, 1.54) is 18.5 Å². The van der Waals surface area contributed by atoms with Gasteiger partial charge in [0.15, 0.2) is 12.0 Å². The van der Waals surface area contributed by atoms with Gasteiger partial charge >= 0.3 is 0 Å². The minimum Gasteiger partial charge on any atom is -0.443 e. The van der Waals surface area contributed by atoms with E-state index in [0.29, 0.717) is 16.8 Å². The highest BCUT2D eigenvalue weighted by atomic mass is 32.2. The summed E-state index contributed by atoms with van der Waals surface area (Å²) in [4.78, 5) is 4.11. The molecule has 21 heavy (non-hydrogen) atoms. The monoisotopic (exact) mass is 302 g/mol. The van der Waals surface area contributed by atoms with Gasteiger partial charge < -0.3 is 4.42 Å². The first-order chi connectivity index (χ1) is 10.1. The number of fused-ring (bicyclic) bond motifs is 1. The number of aryl methyl sites for hydroxylation is 1. The molecule has 0 spiro atoms. The smallest absolute Gasteiger partial charge is 0.262 e. The molecule has 0 atom stereocenters. The molecule has 0 fully saturated rings. The quantitative estimate of drug-likeness (QED) is 0.803. The number of benzene rings is 2. The van der Waals surface area contributed by atoms with Gasteiger partial charge in [0, 0.05) is 11.8 Å². The summed E-state index contributed by atoms with van der Waals surface area (Å²) >= 11 is 0. The number of nitrogens with one attached hydrogen (secondary N) is 1. The molecule has 0 saturated carbocycles. The molecular formula is C15H14N2O3S. The molecule has 0 radical (unpaired) electrons. The zero-order valence-corrected chi connectivity index (χ0v) is 12.2. The first-order valence-electron chi connectivity index (χ1n) is 6.53.